The summed E-state index contributed by atoms with van der Waals surface area (Å²) in [4.78, 5) is 2.97. The SMILES string of the molecule is Fc1ccc(Br)c(-n2c(=S)[nH]c3ccc(F)cc32)c1. The molecule has 2 nitrogen and oxygen atoms in total. The van der Waals surface area contributed by atoms with Crippen LogP contribution in [0, 0.1) is 16.4 Å². The van der Waals surface area contributed by atoms with Crippen molar-refractivity contribution in [3.8, 4) is 5.69 Å². The van der Waals surface area contributed by atoms with Gasteiger partial charge in [-0.2, -0.15) is 0 Å². The second kappa shape index (κ2) is 4.54. The highest BCUT2D eigenvalue weighted by Gasteiger charge is 2.11. The molecule has 19 heavy (non-hydrogen) atoms. The smallest absolute Gasteiger partial charge is 0.182 e. The van der Waals surface area contributed by atoms with Crippen LogP contribution in [0.5, 0.6) is 0 Å². The predicted molar refractivity (Wildman–Crippen MR) is 76.1 cm³/mol. The third-order valence-electron chi connectivity index (χ3n) is 2.79. The monoisotopic (exact) mass is 340 g/mol. The number of nitrogens with zero attached hydrogens (tertiary/aromatic N) is 1. The number of hydrogen-bond acceptors (Lipinski definition) is 1. The highest BCUT2D eigenvalue weighted by Crippen LogP contribution is 2.27. The summed E-state index contributed by atoms with van der Waals surface area (Å²) in [6.45, 7) is 0. The second-order valence-corrected chi connectivity index (χ2v) is 5.26. The maximum atomic E-state index is 13.4. The lowest BCUT2D eigenvalue weighted by Crippen LogP contribution is -1.96. The Morgan fingerprint density at radius 2 is 1.74 bits per heavy atom. The minimum absolute atomic E-state index is 0.372. The van der Waals surface area contributed by atoms with Gasteiger partial charge in [0, 0.05) is 10.5 Å². The van der Waals surface area contributed by atoms with Gasteiger partial charge in [-0.3, -0.25) is 4.57 Å². The number of fused-ring (bicyclic) bond motifs is 1. The van der Waals surface area contributed by atoms with E-state index in [2.05, 4.69) is 20.9 Å². The molecule has 0 aliphatic carbocycles. The van der Waals surface area contributed by atoms with E-state index in [1.165, 1.54) is 24.3 Å². The molecule has 1 heterocycles. The Hall–Kier alpha value is -1.53. The van der Waals surface area contributed by atoms with Crippen molar-refractivity contribution in [3.63, 3.8) is 0 Å². The molecule has 0 radical (unpaired) electrons. The van der Waals surface area contributed by atoms with E-state index in [0.717, 1.165) is 0 Å². The summed E-state index contributed by atoms with van der Waals surface area (Å²) in [6.07, 6.45) is 0. The van der Waals surface area contributed by atoms with Crippen LogP contribution < -0.4 is 0 Å². The molecular formula is C13H7BrF2N2S. The summed E-state index contributed by atoms with van der Waals surface area (Å²) < 4.78 is 29.4. The number of halogens is 3. The molecular weight excluding hydrogens is 334 g/mol. The maximum Gasteiger partial charge on any atom is 0.182 e. The third kappa shape index (κ3) is 2.11. The van der Waals surface area contributed by atoms with E-state index in [0.29, 0.717) is 26.0 Å². The molecule has 1 N–H and O–H groups in total. The first kappa shape index (κ1) is 12.5. The van der Waals surface area contributed by atoms with Crippen LogP contribution in [0.4, 0.5) is 8.78 Å². The Morgan fingerprint density at radius 3 is 2.53 bits per heavy atom. The van der Waals surface area contributed by atoms with Gasteiger partial charge in [0.05, 0.1) is 16.7 Å². The van der Waals surface area contributed by atoms with Gasteiger partial charge in [0.25, 0.3) is 0 Å². The summed E-state index contributed by atoms with van der Waals surface area (Å²) in [5.74, 6) is -0.756. The summed E-state index contributed by atoms with van der Waals surface area (Å²) in [7, 11) is 0. The molecule has 0 atom stereocenters. The van der Waals surface area contributed by atoms with Crippen LogP contribution in [0.2, 0.25) is 0 Å². The minimum atomic E-state index is -0.383. The number of aromatic nitrogens is 2. The number of imidazole rings is 1. The van der Waals surface area contributed by atoms with Crippen molar-refractivity contribution in [2.24, 2.45) is 0 Å². The first-order valence-electron chi connectivity index (χ1n) is 5.42. The number of nitrogens with one attached hydrogen (secondary N) is 1. The van der Waals surface area contributed by atoms with Crippen molar-refractivity contribution in [2.45, 2.75) is 0 Å². The summed E-state index contributed by atoms with van der Waals surface area (Å²) in [6, 6.07) is 8.58. The van der Waals surface area contributed by atoms with Gasteiger partial charge < -0.3 is 4.98 Å². The lowest BCUT2D eigenvalue weighted by atomic mass is 10.2. The molecule has 2 aromatic carbocycles. The zero-order chi connectivity index (χ0) is 13.6. The third-order valence-corrected chi connectivity index (χ3v) is 3.75. The van der Waals surface area contributed by atoms with Crippen LogP contribution in [0.3, 0.4) is 0 Å². The van der Waals surface area contributed by atoms with E-state index in [9.17, 15) is 8.78 Å². The number of H-pyrrole nitrogens is 1. The zero-order valence-corrected chi connectivity index (χ0v) is 11.9. The average Bonchev–Trinajstić information content (AvgIpc) is 2.68. The molecule has 3 aromatic rings. The molecule has 6 heteroatoms. The van der Waals surface area contributed by atoms with Crippen LogP contribution in [0.15, 0.2) is 40.9 Å². The maximum absolute atomic E-state index is 13.4. The van der Waals surface area contributed by atoms with E-state index in [-0.39, 0.29) is 11.6 Å². The van der Waals surface area contributed by atoms with Crippen LogP contribution in [-0.4, -0.2) is 9.55 Å². The quantitative estimate of drug-likeness (QED) is 0.635. The molecule has 0 aliphatic heterocycles. The summed E-state index contributed by atoms with van der Waals surface area (Å²) in [5, 5.41) is 0. The molecule has 3 rings (SSSR count). The molecule has 0 bridgehead atoms. The molecule has 1 aromatic heterocycles. The number of aromatic amines is 1. The normalized spacial score (nSPS) is 11.1. The van der Waals surface area contributed by atoms with Gasteiger partial charge in [0.2, 0.25) is 0 Å². The van der Waals surface area contributed by atoms with E-state index >= 15 is 0 Å². The first-order valence-corrected chi connectivity index (χ1v) is 6.62. The standard InChI is InChI=1S/C13H7BrF2N2S/c14-9-3-1-7(15)5-11(9)18-12-6-8(16)2-4-10(12)17-13(18)19/h1-6H,(H,17,19). The molecule has 0 saturated heterocycles. The van der Waals surface area contributed by atoms with Gasteiger partial charge in [-0.15, -0.1) is 0 Å². The van der Waals surface area contributed by atoms with Crippen molar-refractivity contribution >= 4 is 39.2 Å². The Morgan fingerprint density at radius 1 is 1.05 bits per heavy atom. The minimum Gasteiger partial charge on any atom is -0.330 e. The fraction of sp³-hybridized carbons (Fsp3) is 0. The number of hydrogen-bond donors (Lipinski definition) is 1. The van der Waals surface area contributed by atoms with Gasteiger partial charge in [-0.25, -0.2) is 8.78 Å². The molecule has 0 amide bonds. The van der Waals surface area contributed by atoms with Crippen LogP contribution in [-0.2, 0) is 0 Å². The largest absolute Gasteiger partial charge is 0.330 e. The van der Waals surface area contributed by atoms with E-state index < -0.39 is 0 Å². The topological polar surface area (TPSA) is 20.7 Å². The van der Waals surface area contributed by atoms with E-state index in [4.69, 9.17) is 12.2 Å². The van der Waals surface area contributed by atoms with Crippen LogP contribution >= 0.6 is 28.1 Å². The van der Waals surface area contributed by atoms with Gasteiger partial charge >= 0.3 is 0 Å². The Kier molecular flexibility index (Phi) is 2.99. The molecule has 0 unspecified atom stereocenters. The number of rotatable bonds is 1. The average molecular weight is 341 g/mol. The summed E-state index contributed by atoms with van der Waals surface area (Å²) in [5.41, 5.74) is 1.79. The van der Waals surface area contributed by atoms with Gasteiger partial charge in [-0.05, 0) is 58.5 Å². The predicted octanol–water partition coefficient (Wildman–Crippen LogP) is 4.73. The van der Waals surface area contributed by atoms with Crippen molar-refractivity contribution in [1.29, 1.82) is 0 Å². The fourth-order valence-electron chi connectivity index (χ4n) is 1.97. The lowest BCUT2D eigenvalue weighted by molar-refractivity contribution is 0.626. The molecule has 96 valence electrons. The highest BCUT2D eigenvalue weighted by molar-refractivity contribution is 9.10. The highest BCUT2D eigenvalue weighted by atomic mass is 79.9. The van der Waals surface area contributed by atoms with E-state index in [1.807, 2.05) is 0 Å². The Balaban J connectivity index is 2.42. The molecule has 0 fully saturated rings. The lowest BCUT2D eigenvalue weighted by Gasteiger charge is -2.07. The summed E-state index contributed by atoms with van der Waals surface area (Å²) >= 11 is 8.57. The second-order valence-electron chi connectivity index (χ2n) is 4.02. The van der Waals surface area contributed by atoms with Gasteiger partial charge in [0.1, 0.15) is 11.6 Å². The van der Waals surface area contributed by atoms with Crippen molar-refractivity contribution in [2.75, 3.05) is 0 Å². The molecule has 0 aliphatic rings. The van der Waals surface area contributed by atoms with Gasteiger partial charge in [0.15, 0.2) is 4.77 Å². The van der Waals surface area contributed by atoms with Crippen molar-refractivity contribution < 1.29 is 8.78 Å². The first-order chi connectivity index (χ1) is 9.06. The van der Waals surface area contributed by atoms with Gasteiger partial charge in [-0.1, -0.05) is 0 Å². The number of benzene rings is 2. The van der Waals surface area contributed by atoms with E-state index in [1.54, 1.807) is 16.7 Å². The van der Waals surface area contributed by atoms with Crippen molar-refractivity contribution in [3.05, 3.63) is 57.3 Å². The van der Waals surface area contributed by atoms with Crippen LogP contribution in [0.25, 0.3) is 16.7 Å². The van der Waals surface area contributed by atoms with Crippen molar-refractivity contribution in [1.82, 2.24) is 9.55 Å². The molecule has 0 spiro atoms. The Labute approximate surface area is 120 Å². The van der Waals surface area contributed by atoms with Crippen LogP contribution in [0.1, 0.15) is 0 Å². The fourth-order valence-corrected chi connectivity index (χ4v) is 2.70. The zero-order valence-electron chi connectivity index (χ0n) is 9.45. The Bertz CT molecular complexity index is 838. The molecule has 0 saturated carbocycles.